The first-order valence-electron chi connectivity index (χ1n) is 13.4. The molecule has 1 N–H and O–H groups in total. The summed E-state index contributed by atoms with van der Waals surface area (Å²) in [6.07, 6.45) is 1.60. The molecular formula is C35H26IN3O3. The smallest absolute Gasteiger partial charge is 0.272 e. The average molecular weight is 664 g/mol. The van der Waals surface area contributed by atoms with Gasteiger partial charge in [-0.2, -0.15) is 5.10 Å². The number of rotatable bonds is 8. The first kappa shape index (κ1) is 27.4. The van der Waals surface area contributed by atoms with E-state index in [0.29, 0.717) is 23.7 Å². The average Bonchev–Trinajstić information content (AvgIpc) is 3.03. The molecule has 6 aromatic rings. The SMILES string of the molecule is COc1cc(/C=N/NC(=O)c2cc(-c3ccccc3)nc3ccccc23)cc(I)c1OCc1cccc2ccccc12. The first-order valence-corrected chi connectivity index (χ1v) is 14.4. The molecule has 7 heteroatoms. The molecule has 0 fully saturated rings. The number of aromatic nitrogens is 1. The Morgan fingerprint density at radius 2 is 1.62 bits per heavy atom. The molecule has 0 radical (unpaired) electrons. The Balaban J connectivity index is 1.21. The highest BCUT2D eigenvalue weighted by Gasteiger charge is 2.15. The van der Waals surface area contributed by atoms with E-state index in [9.17, 15) is 4.79 Å². The van der Waals surface area contributed by atoms with E-state index >= 15 is 0 Å². The van der Waals surface area contributed by atoms with E-state index in [1.165, 1.54) is 5.39 Å². The quantitative estimate of drug-likeness (QED) is 0.102. The van der Waals surface area contributed by atoms with Crippen molar-refractivity contribution in [3.05, 3.63) is 136 Å². The summed E-state index contributed by atoms with van der Waals surface area (Å²) in [5.74, 6) is 0.921. The molecule has 0 unspecified atom stereocenters. The molecule has 0 aliphatic carbocycles. The van der Waals surface area contributed by atoms with Crippen LogP contribution in [0.3, 0.4) is 0 Å². The molecule has 0 atom stereocenters. The van der Waals surface area contributed by atoms with E-state index in [1.807, 2.05) is 84.9 Å². The van der Waals surface area contributed by atoms with Gasteiger partial charge < -0.3 is 9.47 Å². The van der Waals surface area contributed by atoms with Crippen molar-refractivity contribution < 1.29 is 14.3 Å². The van der Waals surface area contributed by atoms with Crippen molar-refractivity contribution >= 4 is 56.4 Å². The van der Waals surface area contributed by atoms with E-state index in [0.717, 1.165) is 42.2 Å². The Bertz CT molecular complexity index is 1930. The molecule has 0 saturated carbocycles. The lowest BCUT2D eigenvalue weighted by atomic mass is 10.0. The van der Waals surface area contributed by atoms with Gasteiger partial charge >= 0.3 is 0 Å². The summed E-state index contributed by atoms with van der Waals surface area (Å²) in [6.45, 7) is 0.405. The van der Waals surface area contributed by atoms with Gasteiger partial charge in [-0.3, -0.25) is 4.79 Å². The van der Waals surface area contributed by atoms with Gasteiger partial charge in [-0.15, -0.1) is 0 Å². The lowest BCUT2D eigenvalue weighted by Gasteiger charge is -2.14. The highest BCUT2D eigenvalue weighted by Crippen LogP contribution is 2.35. The molecule has 6 rings (SSSR count). The Kier molecular flexibility index (Phi) is 8.09. The van der Waals surface area contributed by atoms with Crippen molar-refractivity contribution in [2.45, 2.75) is 6.61 Å². The summed E-state index contributed by atoms with van der Waals surface area (Å²) in [4.78, 5) is 18.0. The fraction of sp³-hybridized carbons (Fsp3) is 0.0571. The van der Waals surface area contributed by atoms with Gasteiger partial charge in [0.2, 0.25) is 0 Å². The van der Waals surface area contributed by atoms with Gasteiger partial charge in [0.1, 0.15) is 6.61 Å². The zero-order valence-electron chi connectivity index (χ0n) is 22.8. The number of halogens is 1. The Labute approximate surface area is 257 Å². The number of ether oxygens (including phenoxy) is 2. The van der Waals surface area contributed by atoms with Gasteiger partial charge in [0.25, 0.3) is 5.91 Å². The third-order valence-corrected chi connectivity index (χ3v) is 7.72. The van der Waals surface area contributed by atoms with Crippen LogP contribution in [0, 0.1) is 3.57 Å². The third kappa shape index (κ3) is 5.82. The predicted octanol–water partition coefficient (Wildman–Crippen LogP) is 8.01. The van der Waals surface area contributed by atoms with E-state index in [1.54, 1.807) is 19.4 Å². The number of benzene rings is 5. The number of nitrogens with one attached hydrogen (secondary N) is 1. The maximum absolute atomic E-state index is 13.3. The number of fused-ring (bicyclic) bond motifs is 2. The number of pyridine rings is 1. The Morgan fingerprint density at radius 3 is 2.45 bits per heavy atom. The summed E-state index contributed by atoms with van der Waals surface area (Å²) >= 11 is 2.23. The number of para-hydroxylation sites is 1. The number of carbonyl (C=O) groups excluding carboxylic acids is 1. The topological polar surface area (TPSA) is 72.8 Å². The normalized spacial score (nSPS) is 11.2. The molecule has 0 bridgehead atoms. The van der Waals surface area contributed by atoms with Crippen molar-refractivity contribution in [2.75, 3.05) is 7.11 Å². The molecule has 0 aliphatic rings. The lowest BCUT2D eigenvalue weighted by Crippen LogP contribution is -2.18. The maximum Gasteiger partial charge on any atom is 0.272 e. The van der Waals surface area contributed by atoms with Gasteiger partial charge in [0.15, 0.2) is 11.5 Å². The third-order valence-electron chi connectivity index (χ3n) is 6.91. The molecule has 0 saturated heterocycles. The van der Waals surface area contributed by atoms with Gasteiger partial charge in [0.05, 0.1) is 33.7 Å². The monoisotopic (exact) mass is 663 g/mol. The number of nitrogens with zero attached hydrogens (tertiary/aromatic N) is 2. The van der Waals surface area contributed by atoms with Crippen LogP contribution in [-0.4, -0.2) is 24.2 Å². The molecule has 1 aromatic heterocycles. The molecule has 0 spiro atoms. The van der Waals surface area contributed by atoms with Crippen LogP contribution in [-0.2, 0) is 6.61 Å². The lowest BCUT2D eigenvalue weighted by molar-refractivity contribution is 0.0956. The van der Waals surface area contributed by atoms with Gasteiger partial charge in [-0.1, -0.05) is 91.0 Å². The standard InChI is InChI=1S/C35H26IN3O3/c1-41-33-19-23(18-30(36)34(33)42-22-26-14-9-13-24-10-5-6-15-27(24)26)21-37-39-35(40)29-20-32(25-11-3-2-4-12-25)38-31-17-8-7-16-28(29)31/h2-21H,22H2,1H3,(H,39,40)/b37-21+. The highest BCUT2D eigenvalue weighted by atomic mass is 127. The summed E-state index contributed by atoms with van der Waals surface area (Å²) in [6, 6.07) is 37.4. The van der Waals surface area contributed by atoms with Crippen molar-refractivity contribution in [1.82, 2.24) is 10.4 Å². The fourth-order valence-electron chi connectivity index (χ4n) is 4.87. The van der Waals surface area contributed by atoms with Crippen molar-refractivity contribution in [3.8, 4) is 22.8 Å². The van der Waals surface area contributed by atoms with Crippen LogP contribution in [0.1, 0.15) is 21.5 Å². The molecule has 5 aromatic carbocycles. The maximum atomic E-state index is 13.3. The summed E-state index contributed by atoms with van der Waals surface area (Å²) in [5, 5.41) is 7.34. The van der Waals surface area contributed by atoms with Gasteiger partial charge in [-0.25, -0.2) is 10.4 Å². The number of carbonyl (C=O) groups is 1. The zero-order valence-corrected chi connectivity index (χ0v) is 24.9. The number of hydrogen-bond donors (Lipinski definition) is 1. The Hall–Kier alpha value is -4.76. The van der Waals surface area contributed by atoms with E-state index in [2.05, 4.69) is 57.4 Å². The first-order chi connectivity index (χ1) is 20.6. The second-order valence-electron chi connectivity index (χ2n) is 9.60. The van der Waals surface area contributed by atoms with E-state index in [-0.39, 0.29) is 5.91 Å². The summed E-state index contributed by atoms with van der Waals surface area (Å²) < 4.78 is 12.8. The highest BCUT2D eigenvalue weighted by molar-refractivity contribution is 14.1. The van der Waals surface area contributed by atoms with Crippen LogP contribution in [0.4, 0.5) is 0 Å². The summed E-state index contributed by atoms with van der Waals surface area (Å²) in [7, 11) is 1.61. The minimum atomic E-state index is -0.321. The van der Waals surface area contributed by atoms with Crippen LogP contribution in [0.2, 0.25) is 0 Å². The molecule has 206 valence electrons. The van der Waals surface area contributed by atoms with E-state index in [4.69, 9.17) is 14.5 Å². The molecule has 0 aliphatic heterocycles. The largest absolute Gasteiger partial charge is 0.493 e. The number of hydrogen-bond acceptors (Lipinski definition) is 5. The fourth-order valence-corrected chi connectivity index (χ4v) is 5.65. The summed E-state index contributed by atoms with van der Waals surface area (Å²) in [5.41, 5.74) is 7.44. The van der Waals surface area contributed by atoms with Crippen LogP contribution in [0.5, 0.6) is 11.5 Å². The molecule has 1 amide bonds. The number of amides is 1. The zero-order chi connectivity index (χ0) is 28.9. The van der Waals surface area contributed by atoms with Crippen LogP contribution in [0.15, 0.2) is 120 Å². The van der Waals surface area contributed by atoms with Crippen molar-refractivity contribution in [3.63, 3.8) is 0 Å². The van der Waals surface area contributed by atoms with Crippen LogP contribution in [0.25, 0.3) is 32.9 Å². The van der Waals surface area contributed by atoms with Crippen molar-refractivity contribution in [1.29, 1.82) is 0 Å². The van der Waals surface area contributed by atoms with Gasteiger partial charge in [0, 0.05) is 10.9 Å². The van der Waals surface area contributed by atoms with Crippen LogP contribution >= 0.6 is 22.6 Å². The second-order valence-corrected chi connectivity index (χ2v) is 10.8. The molecular weight excluding hydrogens is 637 g/mol. The van der Waals surface area contributed by atoms with Gasteiger partial charge in [-0.05, 0) is 68.8 Å². The Morgan fingerprint density at radius 1 is 0.881 bits per heavy atom. The van der Waals surface area contributed by atoms with Crippen LogP contribution < -0.4 is 14.9 Å². The molecule has 1 heterocycles. The number of methoxy groups -OCH3 is 1. The minimum absolute atomic E-state index is 0.321. The van der Waals surface area contributed by atoms with E-state index < -0.39 is 0 Å². The number of hydrazone groups is 1. The molecule has 6 nitrogen and oxygen atoms in total. The minimum Gasteiger partial charge on any atom is -0.493 e. The predicted molar refractivity (Wildman–Crippen MR) is 176 cm³/mol. The second kappa shape index (κ2) is 12.4. The molecule has 42 heavy (non-hydrogen) atoms. The van der Waals surface area contributed by atoms with Crippen molar-refractivity contribution in [2.24, 2.45) is 5.10 Å².